The van der Waals surface area contributed by atoms with Crippen LogP contribution >= 0.6 is 11.8 Å². The molecule has 1 heterocycles. The molecule has 0 bridgehead atoms. The van der Waals surface area contributed by atoms with Gasteiger partial charge >= 0.3 is 0 Å². The predicted octanol–water partition coefficient (Wildman–Crippen LogP) is 1.73. The van der Waals surface area contributed by atoms with E-state index in [4.69, 9.17) is 0 Å². The smallest absolute Gasteiger partial charge is 0.226 e. The van der Waals surface area contributed by atoms with Crippen molar-refractivity contribution in [3.05, 3.63) is 0 Å². The Kier molecular flexibility index (Phi) is 4.74. The number of hydrogen-bond donors (Lipinski definition) is 1. The van der Waals surface area contributed by atoms with Gasteiger partial charge in [0.15, 0.2) is 0 Å². The number of nitrogens with zero attached hydrogens (tertiary/aromatic N) is 1. The molecule has 1 aliphatic heterocycles. The highest BCUT2D eigenvalue weighted by Gasteiger charge is 2.29. The van der Waals surface area contributed by atoms with Crippen LogP contribution in [0.4, 0.5) is 0 Å². The molecule has 1 saturated heterocycles. The first-order valence-electron chi connectivity index (χ1n) is 6.74. The van der Waals surface area contributed by atoms with Crippen molar-refractivity contribution in [2.24, 2.45) is 5.92 Å². The van der Waals surface area contributed by atoms with Crippen LogP contribution in [0, 0.1) is 5.92 Å². The van der Waals surface area contributed by atoms with Crippen molar-refractivity contribution in [3.8, 4) is 0 Å². The minimum Gasteiger partial charge on any atom is -0.342 e. The number of carbonyl (C=O) groups excluding carboxylic acids is 1. The third kappa shape index (κ3) is 3.88. The van der Waals surface area contributed by atoms with Gasteiger partial charge in [-0.15, -0.1) is 0 Å². The second-order valence-corrected chi connectivity index (χ2v) is 6.31. The molecule has 1 aliphatic carbocycles. The number of hydrogen-bond acceptors (Lipinski definition) is 3. The third-order valence-corrected chi connectivity index (χ3v) is 4.53. The van der Waals surface area contributed by atoms with E-state index in [9.17, 15) is 4.79 Å². The molecule has 1 atom stereocenters. The normalized spacial score (nSPS) is 23.8. The minimum atomic E-state index is 0.179. The van der Waals surface area contributed by atoms with E-state index in [0.29, 0.717) is 11.9 Å². The maximum absolute atomic E-state index is 12.1. The number of piperidine rings is 1. The first kappa shape index (κ1) is 13.2. The lowest BCUT2D eigenvalue weighted by atomic mass is 10.0. The van der Waals surface area contributed by atoms with E-state index in [1.54, 1.807) is 11.8 Å². The van der Waals surface area contributed by atoms with E-state index in [-0.39, 0.29) is 5.92 Å². The quantitative estimate of drug-likeness (QED) is 0.813. The second kappa shape index (κ2) is 6.10. The summed E-state index contributed by atoms with van der Waals surface area (Å²) < 4.78 is 0. The molecule has 1 amide bonds. The molecule has 4 heteroatoms. The molecule has 0 radical (unpaired) electrons. The highest BCUT2D eigenvalue weighted by atomic mass is 32.2. The number of rotatable bonds is 5. The van der Waals surface area contributed by atoms with Crippen LogP contribution in [0.25, 0.3) is 0 Å². The van der Waals surface area contributed by atoms with Crippen molar-refractivity contribution < 1.29 is 4.79 Å². The number of amides is 1. The Morgan fingerprint density at radius 3 is 2.41 bits per heavy atom. The van der Waals surface area contributed by atoms with Crippen molar-refractivity contribution in [3.63, 3.8) is 0 Å². The lowest BCUT2D eigenvalue weighted by Gasteiger charge is -2.34. The molecule has 0 aromatic rings. The van der Waals surface area contributed by atoms with Gasteiger partial charge in [-0.2, -0.15) is 11.8 Å². The van der Waals surface area contributed by atoms with Crippen LogP contribution in [0.5, 0.6) is 0 Å². The molecular formula is C13H24N2OS. The zero-order chi connectivity index (χ0) is 12.3. The standard InChI is InChI=1S/C13H24N2OS/c1-10(9-17-2)13(16)15-7-5-12(6-8-15)14-11-3-4-11/h10-12,14H,3-9H2,1-2H3/t10-/m0/s1. The van der Waals surface area contributed by atoms with Crippen LogP contribution in [0.1, 0.15) is 32.6 Å². The van der Waals surface area contributed by atoms with Gasteiger partial charge in [-0.3, -0.25) is 4.79 Å². The molecule has 2 rings (SSSR count). The highest BCUT2D eigenvalue weighted by Crippen LogP contribution is 2.22. The molecule has 98 valence electrons. The van der Waals surface area contributed by atoms with Crippen LogP contribution < -0.4 is 5.32 Å². The van der Waals surface area contributed by atoms with Crippen LogP contribution in [-0.2, 0) is 4.79 Å². The molecule has 1 saturated carbocycles. The summed E-state index contributed by atoms with van der Waals surface area (Å²) in [6, 6.07) is 1.44. The van der Waals surface area contributed by atoms with Gasteiger partial charge in [0.25, 0.3) is 0 Å². The maximum atomic E-state index is 12.1. The van der Waals surface area contributed by atoms with Crippen molar-refractivity contribution in [2.75, 3.05) is 25.1 Å². The third-order valence-electron chi connectivity index (χ3n) is 3.69. The van der Waals surface area contributed by atoms with Gasteiger partial charge in [0, 0.05) is 36.8 Å². The minimum absolute atomic E-state index is 0.179. The molecular weight excluding hydrogens is 232 g/mol. The average Bonchev–Trinajstić information content (AvgIpc) is 3.13. The zero-order valence-corrected chi connectivity index (χ0v) is 11.8. The summed E-state index contributed by atoms with van der Waals surface area (Å²) in [5.74, 6) is 1.47. The van der Waals surface area contributed by atoms with E-state index >= 15 is 0 Å². The van der Waals surface area contributed by atoms with Gasteiger partial charge in [-0.25, -0.2) is 0 Å². The van der Waals surface area contributed by atoms with E-state index in [0.717, 1.165) is 37.7 Å². The zero-order valence-electron chi connectivity index (χ0n) is 10.9. The van der Waals surface area contributed by atoms with Gasteiger partial charge in [0.05, 0.1) is 0 Å². The van der Waals surface area contributed by atoms with Gasteiger partial charge in [0.2, 0.25) is 5.91 Å². The summed E-state index contributed by atoms with van der Waals surface area (Å²) >= 11 is 1.76. The van der Waals surface area contributed by atoms with Gasteiger partial charge in [-0.1, -0.05) is 6.92 Å². The lowest BCUT2D eigenvalue weighted by molar-refractivity contribution is -0.135. The van der Waals surface area contributed by atoms with Gasteiger partial charge in [0.1, 0.15) is 0 Å². The Morgan fingerprint density at radius 2 is 1.88 bits per heavy atom. The number of carbonyl (C=O) groups is 1. The van der Waals surface area contributed by atoms with E-state index in [1.165, 1.54) is 12.8 Å². The molecule has 0 unspecified atom stereocenters. The van der Waals surface area contributed by atoms with Crippen molar-refractivity contribution in [1.82, 2.24) is 10.2 Å². The molecule has 0 aromatic carbocycles. The van der Waals surface area contributed by atoms with E-state index in [1.807, 2.05) is 6.92 Å². The lowest BCUT2D eigenvalue weighted by Crippen LogP contribution is -2.47. The fraction of sp³-hybridized carbons (Fsp3) is 0.923. The fourth-order valence-corrected chi connectivity index (χ4v) is 3.13. The van der Waals surface area contributed by atoms with E-state index < -0.39 is 0 Å². The summed E-state index contributed by atoms with van der Waals surface area (Å²) in [6.45, 7) is 3.94. The van der Waals surface area contributed by atoms with E-state index in [2.05, 4.69) is 16.5 Å². The first-order valence-corrected chi connectivity index (χ1v) is 8.14. The summed E-state index contributed by atoms with van der Waals surface area (Å²) in [7, 11) is 0. The Morgan fingerprint density at radius 1 is 1.29 bits per heavy atom. The summed E-state index contributed by atoms with van der Waals surface area (Å²) in [4.78, 5) is 14.2. The Labute approximate surface area is 109 Å². The molecule has 1 N–H and O–H groups in total. The monoisotopic (exact) mass is 256 g/mol. The van der Waals surface area contributed by atoms with Crippen LogP contribution in [-0.4, -0.2) is 48.0 Å². The molecule has 3 nitrogen and oxygen atoms in total. The van der Waals surface area contributed by atoms with Crippen molar-refractivity contribution in [1.29, 1.82) is 0 Å². The molecule has 0 aromatic heterocycles. The topological polar surface area (TPSA) is 32.3 Å². The molecule has 0 spiro atoms. The number of likely N-dealkylation sites (tertiary alicyclic amines) is 1. The summed E-state index contributed by atoms with van der Waals surface area (Å²) in [6.07, 6.45) is 7.03. The highest BCUT2D eigenvalue weighted by molar-refractivity contribution is 7.98. The first-order chi connectivity index (χ1) is 8.20. The largest absolute Gasteiger partial charge is 0.342 e. The van der Waals surface area contributed by atoms with Crippen molar-refractivity contribution >= 4 is 17.7 Å². The van der Waals surface area contributed by atoms with Crippen LogP contribution in [0.3, 0.4) is 0 Å². The summed E-state index contributed by atoms with van der Waals surface area (Å²) in [5.41, 5.74) is 0. The molecule has 17 heavy (non-hydrogen) atoms. The van der Waals surface area contributed by atoms with Gasteiger partial charge in [-0.05, 0) is 31.9 Å². The Bertz CT molecular complexity index is 260. The molecule has 2 fully saturated rings. The Hall–Kier alpha value is -0.220. The Balaban J connectivity index is 1.71. The average molecular weight is 256 g/mol. The SMILES string of the molecule is CSC[C@H](C)C(=O)N1CCC(NC2CC2)CC1. The maximum Gasteiger partial charge on any atom is 0.226 e. The number of thioether (sulfide) groups is 1. The molecule has 2 aliphatic rings. The fourth-order valence-electron chi connectivity index (χ4n) is 2.48. The second-order valence-electron chi connectivity index (χ2n) is 5.40. The van der Waals surface area contributed by atoms with Crippen LogP contribution in [0.15, 0.2) is 0 Å². The van der Waals surface area contributed by atoms with Crippen LogP contribution in [0.2, 0.25) is 0 Å². The van der Waals surface area contributed by atoms with Gasteiger partial charge < -0.3 is 10.2 Å². The predicted molar refractivity (Wildman–Crippen MR) is 73.3 cm³/mol. The van der Waals surface area contributed by atoms with Crippen molar-refractivity contribution in [2.45, 2.75) is 44.7 Å². The number of nitrogens with one attached hydrogen (secondary N) is 1. The summed E-state index contributed by atoms with van der Waals surface area (Å²) in [5, 5.41) is 3.66.